The number of para-hydroxylation sites is 1. The van der Waals surface area contributed by atoms with Crippen molar-refractivity contribution in [2.24, 2.45) is 0 Å². The highest BCUT2D eigenvalue weighted by atomic mass is 16.5. The van der Waals surface area contributed by atoms with Crippen molar-refractivity contribution in [2.45, 2.75) is 19.9 Å². The van der Waals surface area contributed by atoms with Crippen LogP contribution in [0.2, 0.25) is 0 Å². The number of pyridine rings is 1. The molecule has 3 aromatic rings. The molecule has 0 fully saturated rings. The van der Waals surface area contributed by atoms with Crippen LogP contribution in [0.3, 0.4) is 0 Å². The molecule has 0 N–H and O–H groups in total. The van der Waals surface area contributed by atoms with Crippen molar-refractivity contribution >= 4 is 16.7 Å². The normalized spacial score (nSPS) is 13.9. The fraction of sp³-hybridized carbons (Fsp3) is 0.250. The Balaban J connectivity index is 1.71. The van der Waals surface area contributed by atoms with Crippen LogP contribution in [0, 0.1) is 0 Å². The zero-order chi connectivity index (χ0) is 15.6. The minimum absolute atomic E-state index is 0.655. The quantitative estimate of drug-likeness (QED) is 0.725. The van der Waals surface area contributed by atoms with Gasteiger partial charge in [0.15, 0.2) is 0 Å². The SMILES string of the molecule is CCOc1cccc2ccc(N3CCc4ccccc4C3)nc12. The van der Waals surface area contributed by atoms with Crippen LogP contribution >= 0.6 is 0 Å². The van der Waals surface area contributed by atoms with Crippen molar-refractivity contribution in [3.63, 3.8) is 0 Å². The lowest BCUT2D eigenvalue weighted by atomic mass is 10.00. The van der Waals surface area contributed by atoms with E-state index in [9.17, 15) is 0 Å². The van der Waals surface area contributed by atoms with Crippen LogP contribution in [0.1, 0.15) is 18.1 Å². The maximum absolute atomic E-state index is 5.74. The van der Waals surface area contributed by atoms with Crippen LogP contribution in [-0.2, 0) is 13.0 Å². The minimum atomic E-state index is 0.655. The third kappa shape index (κ3) is 2.63. The molecule has 0 saturated heterocycles. The molecule has 1 aliphatic rings. The Labute approximate surface area is 136 Å². The number of aromatic nitrogens is 1. The Hall–Kier alpha value is -2.55. The van der Waals surface area contributed by atoms with Gasteiger partial charge in [-0.2, -0.15) is 0 Å². The van der Waals surface area contributed by atoms with E-state index < -0.39 is 0 Å². The van der Waals surface area contributed by atoms with Gasteiger partial charge in [-0.1, -0.05) is 36.4 Å². The number of hydrogen-bond donors (Lipinski definition) is 0. The third-order valence-electron chi connectivity index (χ3n) is 4.42. The summed E-state index contributed by atoms with van der Waals surface area (Å²) in [5, 5.41) is 1.12. The van der Waals surface area contributed by atoms with Gasteiger partial charge in [0.05, 0.1) is 6.61 Å². The highest BCUT2D eigenvalue weighted by molar-refractivity contribution is 5.86. The maximum Gasteiger partial charge on any atom is 0.145 e. The van der Waals surface area contributed by atoms with Crippen molar-refractivity contribution in [2.75, 3.05) is 18.1 Å². The van der Waals surface area contributed by atoms with Gasteiger partial charge in [0.25, 0.3) is 0 Å². The molecular formula is C20H20N2O. The Morgan fingerprint density at radius 1 is 1.00 bits per heavy atom. The molecule has 3 nitrogen and oxygen atoms in total. The molecule has 3 heteroatoms. The molecule has 1 aromatic heterocycles. The summed E-state index contributed by atoms with van der Waals surface area (Å²) in [6.45, 7) is 4.59. The van der Waals surface area contributed by atoms with E-state index in [1.807, 2.05) is 19.1 Å². The van der Waals surface area contributed by atoms with E-state index in [0.717, 1.165) is 42.0 Å². The summed E-state index contributed by atoms with van der Waals surface area (Å²) in [7, 11) is 0. The molecule has 23 heavy (non-hydrogen) atoms. The molecule has 2 aromatic carbocycles. The lowest BCUT2D eigenvalue weighted by molar-refractivity contribution is 0.343. The fourth-order valence-corrected chi connectivity index (χ4v) is 3.25. The van der Waals surface area contributed by atoms with Gasteiger partial charge < -0.3 is 9.64 Å². The second-order valence-electron chi connectivity index (χ2n) is 5.87. The lowest BCUT2D eigenvalue weighted by Crippen LogP contribution is -2.30. The third-order valence-corrected chi connectivity index (χ3v) is 4.42. The molecular weight excluding hydrogens is 284 g/mol. The molecule has 2 heterocycles. The Morgan fingerprint density at radius 2 is 1.87 bits per heavy atom. The Morgan fingerprint density at radius 3 is 2.74 bits per heavy atom. The zero-order valence-electron chi connectivity index (χ0n) is 13.3. The van der Waals surface area contributed by atoms with Crippen molar-refractivity contribution in [3.05, 3.63) is 65.7 Å². The van der Waals surface area contributed by atoms with Crippen LogP contribution < -0.4 is 9.64 Å². The lowest BCUT2D eigenvalue weighted by Gasteiger charge is -2.30. The van der Waals surface area contributed by atoms with E-state index in [0.29, 0.717) is 6.61 Å². The second-order valence-corrected chi connectivity index (χ2v) is 5.87. The van der Waals surface area contributed by atoms with Crippen LogP contribution in [0.25, 0.3) is 10.9 Å². The molecule has 0 aliphatic carbocycles. The monoisotopic (exact) mass is 304 g/mol. The Kier molecular flexibility index (Phi) is 3.62. The van der Waals surface area contributed by atoms with Gasteiger partial charge in [-0.15, -0.1) is 0 Å². The van der Waals surface area contributed by atoms with Crippen molar-refractivity contribution < 1.29 is 4.74 Å². The number of fused-ring (bicyclic) bond motifs is 2. The topological polar surface area (TPSA) is 25.4 Å². The molecule has 0 bridgehead atoms. The van der Waals surface area contributed by atoms with Gasteiger partial charge >= 0.3 is 0 Å². The molecule has 0 spiro atoms. The first kappa shape index (κ1) is 14.1. The van der Waals surface area contributed by atoms with E-state index >= 15 is 0 Å². The van der Waals surface area contributed by atoms with Gasteiger partial charge in [0.1, 0.15) is 17.1 Å². The molecule has 1 aliphatic heterocycles. The summed E-state index contributed by atoms with van der Waals surface area (Å²) in [5.41, 5.74) is 3.81. The molecule has 0 atom stereocenters. The summed E-state index contributed by atoms with van der Waals surface area (Å²) < 4.78 is 5.74. The molecule has 0 unspecified atom stereocenters. The van der Waals surface area contributed by atoms with Crippen LogP contribution in [0.15, 0.2) is 54.6 Å². The largest absolute Gasteiger partial charge is 0.492 e. The second kappa shape index (κ2) is 5.92. The minimum Gasteiger partial charge on any atom is -0.492 e. The number of nitrogens with zero attached hydrogens (tertiary/aromatic N) is 2. The van der Waals surface area contributed by atoms with Crippen molar-refractivity contribution in [1.82, 2.24) is 4.98 Å². The summed E-state index contributed by atoms with van der Waals surface area (Å²) in [6.07, 6.45) is 1.07. The van der Waals surface area contributed by atoms with Crippen LogP contribution in [-0.4, -0.2) is 18.1 Å². The summed E-state index contributed by atoms with van der Waals surface area (Å²) in [6, 6.07) is 19.0. The summed E-state index contributed by atoms with van der Waals surface area (Å²) >= 11 is 0. The van der Waals surface area contributed by atoms with Crippen LogP contribution in [0.4, 0.5) is 5.82 Å². The number of anilines is 1. The predicted octanol–water partition coefficient (Wildman–Crippen LogP) is 4.20. The number of hydrogen-bond acceptors (Lipinski definition) is 3. The molecule has 0 radical (unpaired) electrons. The number of ether oxygens (including phenoxy) is 1. The van der Waals surface area contributed by atoms with E-state index in [1.165, 1.54) is 11.1 Å². The smallest absolute Gasteiger partial charge is 0.145 e. The number of benzene rings is 2. The summed E-state index contributed by atoms with van der Waals surface area (Å²) in [5.74, 6) is 1.89. The maximum atomic E-state index is 5.74. The van der Waals surface area contributed by atoms with Crippen molar-refractivity contribution in [1.29, 1.82) is 0 Å². The fourth-order valence-electron chi connectivity index (χ4n) is 3.25. The van der Waals surface area contributed by atoms with E-state index in [2.05, 4.69) is 47.4 Å². The van der Waals surface area contributed by atoms with Gasteiger partial charge in [-0.3, -0.25) is 0 Å². The Bertz CT molecular complexity index is 844. The first-order valence-electron chi connectivity index (χ1n) is 8.19. The van der Waals surface area contributed by atoms with E-state index in [-0.39, 0.29) is 0 Å². The highest BCUT2D eigenvalue weighted by Crippen LogP contribution is 2.28. The van der Waals surface area contributed by atoms with Crippen LogP contribution in [0.5, 0.6) is 5.75 Å². The van der Waals surface area contributed by atoms with Gasteiger partial charge in [0.2, 0.25) is 0 Å². The predicted molar refractivity (Wildman–Crippen MR) is 94.1 cm³/mol. The first-order chi connectivity index (χ1) is 11.3. The number of rotatable bonds is 3. The van der Waals surface area contributed by atoms with E-state index in [4.69, 9.17) is 9.72 Å². The molecule has 0 amide bonds. The average Bonchev–Trinajstić information content (AvgIpc) is 2.61. The van der Waals surface area contributed by atoms with Gasteiger partial charge in [-0.05, 0) is 42.7 Å². The zero-order valence-corrected chi connectivity index (χ0v) is 13.3. The molecule has 116 valence electrons. The summed E-state index contributed by atoms with van der Waals surface area (Å²) in [4.78, 5) is 7.24. The standard InChI is InChI=1S/C20H20N2O/c1-2-23-18-9-5-8-16-10-11-19(21-20(16)18)22-13-12-15-6-3-4-7-17(15)14-22/h3-11H,2,12-14H2,1H3. The van der Waals surface area contributed by atoms with Gasteiger partial charge in [0, 0.05) is 18.5 Å². The van der Waals surface area contributed by atoms with E-state index in [1.54, 1.807) is 0 Å². The molecule has 0 saturated carbocycles. The highest BCUT2D eigenvalue weighted by Gasteiger charge is 2.17. The molecule has 4 rings (SSSR count). The first-order valence-corrected chi connectivity index (χ1v) is 8.19. The van der Waals surface area contributed by atoms with Gasteiger partial charge in [-0.25, -0.2) is 4.98 Å². The average molecular weight is 304 g/mol. The van der Waals surface area contributed by atoms with Crippen molar-refractivity contribution in [3.8, 4) is 5.75 Å².